The molecule has 8 heteroatoms. The molecule has 0 spiro atoms. The monoisotopic (exact) mass is 476 g/mol. The van der Waals surface area contributed by atoms with Crippen molar-refractivity contribution in [2.75, 3.05) is 19.7 Å². The molecule has 3 rings (SSSR count). The Balaban J connectivity index is 1.74. The molecule has 0 saturated carbocycles. The second kappa shape index (κ2) is 11.9. The van der Waals surface area contributed by atoms with Crippen LogP contribution >= 0.6 is 0 Å². The van der Waals surface area contributed by atoms with Crippen LogP contribution in [0.2, 0.25) is 0 Å². The van der Waals surface area contributed by atoms with E-state index in [4.69, 9.17) is 15.2 Å². The van der Waals surface area contributed by atoms with E-state index in [9.17, 15) is 13.5 Å². The highest BCUT2D eigenvalue weighted by atomic mass is 32.2. The van der Waals surface area contributed by atoms with Crippen molar-refractivity contribution in [3.8, 4) is 5.75 Å². The van der Waals surface area contributed by atoms with Crippen molar-refractivity contribution in [2.24, 2.45) is 11.7 Å². The number of ether oxygens (including phenoxy) is 2. The molecule has 1 aliphatic rings. The number of hydrogen-bond donors (Lipinski definition) is 2. The molecule has 1 heterocycles. The van der Waals surface area contributed by atoms with Crippen molar-refractivity contribution in [2.45, 2.75) is 62.9 Å². The standard InChI is InChI=1S/C25H36N2O5S/c1-19(2)17-27(18-24(28)23(26)15-20-9-4-3-5-10-20)33(29,30)22-12-8-11-21(16-22)32-25-13-6-7-14-31-25/h3-5,8-12,16,19,23-25,28H,6-7,13-15,17-18,26H2,1-2H3/t23-,24+,25?/m0/s1. The summed E-state index contributed by atoms with van der Waals surface area (Å²) in [5.41, 5.74) is 7.23. The van der Waals surface area contributed by atoms with Gasteiger partial charge in [-0.3, -0.25) is 0 Å². The van der Waals surface area contributed by atoms with Crippen molar-refractivity contribution in [1.82, 2.24) is 4.31 Å². The molecule has 2 aromatic carbocycles. The molecule has 0 amide bonds. The second-order valence-corrected chi connectivity index (χ2v) is 11.0. The van der Waals surface area contributed by atoms with Crippen molar-refractivity contribution in [3.63, 3.8) is 0 Å². The molecule has 1 saturated heterocycles. The lowest BCUT2D eigenvalue weighted by Crippen LogP contribution is -2.47. The summed E-state index contributed by atoms with van der Waals surface area (Å²) in [7, 11) is -3.86. The quantitative estimate of drug-likeness (QED) is 0.517. The van der Waals surface area contributed by atoms with Crippen molar-refractivity contribution >= 4 is 10.0 Å². The van der Waals surface area contributed by atoms with E-state index in [0.717, 1.165) is 24.8 Å². The first-order valence-electron chi connectivity index (χ1n) is 11.6. The van der Waals surface area contributed by atoms with E-state index in [1.165, 1.54) is 10.4 Å². The number of nitrogens with zero attached hydrogens (tertiary/aromatic N) is 1. The predicted molar refractivity (Wildman–Crippen MR) is 128 cm³/mol. The van der Waals surface area contributed by atoms with E-state index in [1.807, 2.05) is 44.2 Å². The molecule has 33 heavy (non-hydrogen) atoms. The van der Waals surface area contributed by atoms with E-state index < -0.39 is 22.2 Å². The van der Waals surface area contributed by atoms with Crippen molar-refractivity contribution < 1.29 is 23.0 Å². The number of aliphatic hydroxyl groups is 1. The van der Waals surface area contributed by atoms with Gasteiger partial charge in [0.05, 0.1) is 17.6 Å². The zero-order valence-electron chi connectivity index (χ0n) is 19.5. The minimum Gasteiger partial charge on any atom is -0.465 e. The van der Waals surface area contributed by atoms with Gasteiger partial charge >= 0.3 is 0 Å². The molecular formula is C25H36N2O5S. The molecule has 1 unspecified atom stereocenters. The molecular weight excluding hydrogens is 440 g/mol. The van der Waals surface area contributed by atoms with Gasteiger partial charge in [0.2, 0.25) is 10.0 Å². The molecule has 0 aliphatic carbocycles. The molecule has 3 N–H and O–H groups in total. The molecule has 0 radical (unpaired) electrons. The molecule has 0 bridgehead atoms. The van der Waals surface area contributed by atoms with Crippen LogP contribution in [0.4, 0.5) is 0 Å². The third kappa shape index (κ3) is 7.52. The van der Waals surface area contributed by atoms with Crippen LogP contribution < -0.4 is 10.5 Å². The second-order valence-electron chi connectivity index (χ2n) is 9.03. The highest BCUT2D eigenvalue weighted by Gasteiger charge is 2.30. The summed E-state index contributed by atoms with van der Waals surface area (Å²) in [4.78, 5) is 0.125. The van der Waals surface area contributed by atoms with E-state index in [2.05, 4.69) is 0 Å². The Hall–Kier alpha value is -1.97. The van der Waals surface area contributed by atoms with Crippen molar-refractivity contribution in [1.29, 1.82) is 0 Å². The Morgan fingerprint density at radius 3 is 2.55 bits per heavy atom. The Morgan fingerprint density at radius 2 is 1.88 bits per heavy atom. The third-order valence-corrected chi connectivity index (χ3v) is 7.44. The average molecular weight is 477 g/mol. The molecule has 2 aromatic rings. The van der Waals surface area contributed by atoms with Crippen LogP contribution in [0.15, 0.2) is 59.5 Å². The minimum atomic E-state index is -3.86. The normalized spacial score (nSPS) is 18.9. The number of sulfonamides is 1. The van der Waals surface area contributed by atoms with Crippen LogP contribution in [0.1, 0.15) is 38.7 Å². The SMILES string of the molecule is CC(C)CN(C[C@@H](O)[C@@H](N)Cc1ccccc1)S(=O)(=O)c1cccc(OC2CCCCO2)c1. The summed E-state index contributed by atoms with van der Waals surface area (Å²) in [5.74, 6) is 0.529. The summed E-state index contributed by atoms with van der Waals surface area (Å²) in [5, 5.41) is 10.8. The van der Waals surface area contributed by atoms with Crippen molar-refractivity contribution in [3.05, 3.63) is 60.2 Å². The minimum absolute atomic E-state index is 0.0763. The van der Waals surface area contributed by atoms with Gasteiger partial charge < -0.3 is 20.3 Å². The van der Waals surface area contributed by atoms with Gasteiger partial charge in [-0.15, -0.1) is 0 Å². The Morgan fingerprint density at radius 1 is 1.12 bits per heavy atom. The topological polar surface area (TPSA) is 102 Å². The van der Waals surface area contributed by atoms with Gasteiger partial charge in [0.15, 0.2) is 6.29 Å². The summed E-state index contributed by atoms with van der Waals surface area (Å²) in [6, 6.07) is 15.5. The number of rotatable bonds is 11. The Labute approximate surface area is 197 Å². The van der Waals surface area contributed by atoms with Crippen LogP contribution in [0.25, 0.3) is 0 Å². The number of nitrogens with two attached hydrogens (primary N) is 1. The summed E-state index contributed by atoms with van der Waals surface area (Å²) < 4.78 is 39.8. The van der Waals surface area contributed by atoms with Crippen LogP contribution in [0, 0.1) is 5.92 Å². The zero-order valence-corrected chi connectivity index (χ0v) is 20.3. The largest absolute Gasteiger partial charge is 0.465 e. The lowest BCUT2D eigenvalue weighted by molar-refractivity contribution is -0.106. The lowest BCUT2D eigenvalue weighted by atomic mass is 10.0. The van der Waals surface area contributed by atoms with Crippen LogP contribution in [0.5, 0.6) is 5.75 Å². The van der Waals surface area contributed by atoms with Gasteiger partial charge in [-0.05, 0) is 42.9 Å². The maximum absolute atomic E-state index is 13.5. The smallest absolute Gasteiger partial charge is 0.243 e. The van der Waals surface area contributed by atoms with Gasteiger partial charge in [-0.2, -0.15) is 4.31 Å². The molecule has 182 valence electrons. The first-order chi connectivity index (χ1) is 15.8. The molecule has 0 aromatic heterocycles. The molecule has 3 atom stereocenters. The lowest BCUT2D eigenvalue weighted by Gasteiger charge is -2.29. The number of benzene rings is 2. The fourth-order valence-corrected chi connectivity index (χ4v) is 5.51. The van der Waals surface area contributed by atoms with Gasteiger partial charge in [0.1, 0.15) is 5.75 Å². The van der Waals surface area contributed by atoms with E-state index in [-0.39, 0.29) is 30.2 Å². The molecule has 1 fully saturated rings. The van der Waals surface area contributed by atoms with Gasteiger partial charge in [-0.25, -0.2) is 8.42 Å². The van der Waals surface area contributed by atoms with Crippen LogP contribution in [-0.2, 0) is 21.2 Å². The predicted octanol–water partition coefficient (Wildman–Crippen LogP) is 3.17. The van der Waals surface area contributed by atoms with Gasteiger partial charge in [0.25, 0.3) is 0 Å². The van der Waals surface area contributed by atoms with Gasteiger partial charge in [-0.1, -0.05) is 50.2 Å². The molecule has 7 nitrogen and oxygen atoms in total. The maximum atomic E-state index is 13.5. The number of hydrogen-bond acceptors (Lipinski definition) is 6. The molecule has 1 aliphatic heterocycles. The first-order valence-corrected chi connectivity index (χ1v) is 13.1. The fraction of sp³-hybridized carbons (Fsp3) is 0.520. The number of aliphatic hydroxyl groups excluding tert-OH is 1. The Kier molecular flexibility index (Phi) is 9.28. The zero-order chi connectivity index (χ0) is 23.8. The van der Waals surface area contributed by atoms with Gasteiger partial charge in [0, 0.05) is 31.6 Å². The van der Waals surface area contributed by atoms with E-state index in [0.29, 0.717) is 18.8 Å². The fourth-order valence-electron chi connectivity index (χ4n) is 3.86. The van der Waals surface area contributed by atoms with E-state index in [1.54, 1.807) is 18.2 Å². The van der Waals surface area contributed by atoms with E-state index >= 15 is 0 Å². The third-order valence-electron chi connectivity index (χ3n) is 5.62. The first kappa shape index (κ1) is 25.6. The highest BCUT2D eigenvalue weighted by Crippen LogP contribution is 2.25. The summed E-state index contributed by atoms with van der Waals surface area (Å²) in [6.07, 6.45) is 1.90. The van der Waals surface area contributed by atoms with Crippen LogP contribution in [0.3, 0.4) is 0 Å². The average Bonchev–Trinajstić information content (AvgIpc) is 2.80. The maximum Gasteiger partial charge on any atom is 0.243 e. The summed E-state index contributed by atoms with van der Waals surface area (Å²) in [6.45, 7) is 4.73. The Bertz CT molecular complexity index is 962. The summed E-state index contributed by atoms with van der Waals surface area (Å²) >= 11 is 0. The highest BCUT2D eigenvalue weighted by molar-refractivity contribution is 7.89. The van der Waals surface area contributed by atoms with Crippen LogP contribution in [-0.4, -0.2) is 56.0 Å².